The largest absolute Gasteiger partial charge is 0.271 e. The summed E-state index contributed by atoms with van der Waals surface area (Å²) in [6.07, 6.45) is 0. The number of halogens is 1. The quantitative estimate of drug-likeness (QED) is 0.835. The lowest BCUT2D eigenvalue weighted by Crippen LogP contribution is -2.41. The topological polar surface area (TPSA) is 82.0 Å². The summed E-state index contributed by atoms with van der Waals surface area (Å²) in [7, 11) is 0. The molecule has 0 aromatic heterocycles. The van der Waals surface area contributed by atoms with Crippen molar-refractivity contribution >= 4 is 23.4 Å². The van der Waals surface area contributed by atoms with Crippen molar-refractivity contribution in [3.8, 4) is 6.07 Å². The Hall–Kier alpha value is -2.84. The van der Waals surface area contributed by atoms with Crippen LogP contribution in [0.5, 0.6) is 0 Å². The van der Waals surface area contributed by atoms with E-state index in [1.165, 1.54) is 12.1 Å². The molecule has 2 N–H and O–H groups in total. The van der Waals surface area contributed by atoms with Gasteiger partial charge < -0.3 is 0 Å². The zero-order valence-corrected chi connectivity index (χ0v) is 11.5. The van der Waals surface area contributed by atoms with Crippen LogP contribution in [0.2, 0.25) is 5.02 Å². The van der Waals surface area contributed by atoms with Gasteiger partial charge in [-0.15, -0.1) is 0 Å². The summed E-state index contributed by atoms with van der Waals surface area (Å²) in [5, 5.41) is 9.06. The number of nitrogens with zero attached hydrogens (tertiary/aromatic N) is 1. The Morgan fingerprint density at radius 1 is 1.00 bits per heavy atom. The average Bonchev–Trinajstić information content (AvgIpc) is 2.52. The molecule has 2 aromatic rings. The minimum Gasteiger partial charge on any atom is -0.267 e. The molecule has 0 heterocycles. The molecule has 21 heavy (non-hydrogen) atoms. The molecule has 0 radical (unpaired) electrons. The van der Waals surface area contributed by atoms with Crippen LogP contribution in [0.25, 0.3) is 0 Å². The van der Waals surface area contributed by atoms with Crippen molar-refractivity contribution in [3.63, 3.8) is 0 Å². The molecule has 0 atom stereocenters. The molecule has 0 aliphatic rings. The number of carbonyl (C=O) groups is 2. The molecule has 0 aliphatic carbocycles. The van der Waals surface area contributed by atoms with Gasteiger partial charge in [0.25, 0.3) is 11.8 Å². The van der Waals surface area contributed by atoms with E-state index in [9.17, 15) is 9.59 Å². The monoisotopic (exact) mass is 299 g/mol. The van der Waals surface area contributed by atoms with E-state index in [2.05, 4.69) is 10.9 Å². The fourth-order valence-electron chi connectivity index (χ4n) is 1.63. The first-order valence-electron chi connectivity index (χ1n) is 5.97. The second-order valence-electron chi connectivity index (χ2n) is 4.08. The van der Waals surface area contributed by atoms with Crippen LogP contribution in [0.15, 0.2) is 48.5 Å². The summed E-state index contributed by atoms with van der Waals surface area (Å²) in [6.45, 7) is 0. The fourth-order valence-corrected chi connectivity index (χ4v) is 1.85. The minimum absolute atomic E-state index is 0.255. The van der Waals surface area contributed by atoms with Gasteiger partial charge in [0.15, 0.2) is 0 Å². The van der Waals surface area contributed by atoms with Gasteiger partial charge in [-0.2, -0.15) is 5.26 Å². The van der Waals surface area contributed by atoms with Gasteiger partial charge >= 0.3 is 0 Å². The standard InChI is InChI=1S/C15H10ClN3O2/c16-13-7-2-1-6-12(13)15(21)19-18-14(20)11-5-3-4-10(8-11)9-17/h1-8H,(H,18,20)(H,19,21). The number of hydrogen-bond donors (Lipinski definition) is 2. The summed E-state index contributed by atoms with van der Waals surface area (Å²) in [6, 6.07) is 14.6. The van der Waals surface area contributed by atoms with Crippen LogP contribution in [-0.2, 0) is 0 Å². The van der Waals surface area contributed by atoms with Crippen LogP contribution in [0.3, 0.4) is 0 Å². The van der Waals surface area contributed by atoms with Crippen molar-refractivity contribution in [1.29, 1.82) is 5.26 Å². The van der Waals surface area contributed by atoms with Gasteiger partial charge in [-0.1, -0.05) is 29.8 Å². The van der Waals surface area contributed by atoms with E-state index >= 15 is 0 Å². The third kappa shape index (κ3) is 3.59. The smallest absolute Gasteiger partial charge is 0.267 e. The predicted octanol–water partition coefficient (Wildman–Crippen LogP) is 2.29. The van der Waals surface area contributed by atoms with Crippen LogP contribution in [0, 0.1) is 11.3 Å². The van der Waals surface area contributed by atoms with Gasteiger partial charge in [-0.25, -0.2) is 0 Å². The lowest BCUT2D eigenvalue weighted by atomic mass is 10.1. The molecule has 0 saturated carbocycles. The van der Waals surface area contributed by atoms with Crippen molar-refractivity contribution in [2.45, 2.75) is 0 Å². The van der Waals surface area contributed by atoms with E-state index in [1.807, 2.05) is 6.07 Å². The summed E-state index contributed by atoms with van der Waals surface area (Å²) in [5.74, 6) is -1.04. The molecule has 0 fully saturated rings. The normalized spacial score (nSPS) is 9.52. The summed E-state index contributed by atoms with van der Waals surface area (Å²) in [4.78, 5) is 23.7. The number of carbonyl (C=O) groups excluding carboxylic acids is 2. The van der Waals surface area contributed by atoms with Crippen molar-refractivity contribution in [3.05, 3.63) is 70.2 Å². The Labute approximate surface area is 126 Å². The molecule has 0 bridgehead atoms. The number of rotatable bonds is 2. The first-order valence-corrected chi connectivity index (χ1v) is 6.35. The summed E-state index contributed by atoms with van der Waals surface area (Å²) >= 11 is 5.88. The van der Waals surface area contributed by atoms with Gasteiger partial charge in [0.05, 0.1) is 22.2 Å². The van der Waals surface area contributed by atoms with Crippen LogP contribution < -0.4 is 10.9 Å². The zero-order valence-electron chi connectivity index (χ0n) is 10.8. The second-order valence-corrected chi connectivity index (χ2v) is 4.49. The van der Waals surface area contributed by atoms with Gasteiger partial charge in [0.1, 0.15) is 0 Å². The molecule has 0 aliphatic heterocycles. The molecule has 0 spiro atoms. The molecule has 2 aromatic carbocycles. The second kappa shape index (κ2) is 6.55. The molecule has 2 rings (SSSR count). The number of nitrogens with one attached hydrogen (secondary N) is 2. The van der Waals surface area contributed by atoms with Gasteiger partial charge in [-0.05, 0) is 30.3 Å². The number of hydrogen-bond acceptors (Lipinski definition) is 3. The van der Waals surface area contributed by atoms with Crippen molar-refractivity contribution < 1.29 is 9.59 Å². The van der Waals surface area contributed by atoms with Crippen LogP contribution in [0.4, 0.5) is 0 Å². The van der Waals surface area contributed by atoms with Gasteiger partial charge in [0.2, 0.25) is 0 Å². The molecular formula is C15H10ClN3O2. The Balaban J connectivity index is 2.03. The molecular weight excluding hydrogens is 290 g/mol. The zero-order chi connectivity index (χ0) is 15.2. The Kier molecular flexibility index (Phi) is 4.54. The highest BCUT2D eigenvalue weighted by Gasteiger charge is 2.11. The lowest BCUT2D eigenvalue weighted by molar-refractivity contribution is 0.0846. The third-order valence-electron chi connectivity index (χ3n) is 2.66. The summed E-state index contributed by atoms with van der Waals surface area (Å²) < 4.78 is 0. The maximum absolute atomic E-state index is 11.9. The fraction of sp³-hybridized carbons (Fsp3) is 0. The summed E-state index contributed by atoms with van der Waals surface area (Å²) in [5.41, 5.74) is 5.43. The van der Waals surface area contributed by atoms with Crippen molar-refractivity contribution in [1.82, 2.24) is 10.9 Å². The Morgan fingerprint density at radius 3 is 2.43 bits per heavy atom. The highest BCUT2D eigenvalue weighted by atomic mass is 35.5. The van der Waals surface area contributed by atoms with E-state index in [1.54, 1.807) is 36.4 Å². The first-order chi connectivity index (χ1) is 10.1. The molecule has 104 valence electrons. The number of benzene rings is 2. The van der Waals surface area contributed by atoms with Crippen molar-refractivity contribution in [2.75, 3.05) is 0 Å². The number of amides is 2. The molecule has 2 amide bonds. The van der Waals surface area contributed by atoms with E-state index in [4.69, 9.17) is 16.9 Å². The van der Waals surface area contributed by atoms with Gasteiger partial charge in [-0.3, -0.25) is 20.4 Å². The number of nitriles is 1. The number of hydrazine groups is 1. The van der Waals surface area contributed by atoms with Crippen molar-refractivity contribution in [2.24, 2.45) is 0 Å². The lowest BCUT2D eigenvalue weighted by Gasteiger charge is -2.08. The Morgan fingerprint density at radius 2 is 1.71 bits per heavy atom. The molecule has 0 unspecified atom stereocenters. The minimum atomic E-state index is -0.523. The van der Waals surface area contributed by atoms with E-state index in [-0.39, 0.29) is 16.1 Å². The first kappa shape index (κ1) is 14.6. The van der Waals surface area contributed by atoms with Crippen LogP contribution >= 0.6 is 11.6 Å². The van der Waals surface area contributed by atoms with E-state index in [0.29, 0.717) is 5.56 Å². The molecule has 5 nitrogen and oxygen atoms in total. The highest BCUT2D eigenvalue weighted by molar-refractivity contribution is 6.33. The van der Waals surface area contributed by atoms with Crippen LogP contribution in [0.1, 0.15) is 26.3 Å². The maximum Gasteiger partial charge on any atom is 0.271 e. The van der Waals surface area contributed by atoms with E-state index in [0.717, 1.165) is 0 Å². The van der Waals surface area contributed by atoms with Crippen LogP contribution in [-0.4, -0.2) is 11.8 Å². The Bertz CT molecular complexity index is 738. The highest BCUT2D eigenvalue weighted by Crippen LogP contribution is 2.14. The predicted molar refractivity (Wildman–Crippen MR) is 77.5 cm³/mol. The SMILES string of the molecule is N#Cc1cccc(C(=O)NNC(=O)c2ccccc2Cl)c1. The third-order valence-corrected chi connectivity index (χ3v) is 2.99. The molecule has 0 saturated heterocycles. The van der Waals surface area contributed by atoms with Gasteiger partial charge in [0, 0.05) is 5.56 Å². The van der Waals surface area contributed by atoms with E-state index < -0.39 is 11.8 Å². The maximum atomic E-state index is 11.9. The average molecular weight is 300 g/mol. The molecule has 6 heteroatoms.